The van der Waals surface area contributed by atoms with Gasteiger partial charge in [-0.3, -0.25) is 9.59 Å². The van der Waals surface area contributed by atoms with Crippen LogP contribution in [0.5, 0.6) is 0 Å². The number of nitrogens with one attached hydrogen (secondary N) is 2. The first-order valence-electron chi connectivity index (χ1n) is 12.5. The van der Waals surface area contributed by atoms with Gasteiger partial charge in [-0.05, 0) is 53.4 Å². The summed E-state index contributed by atoms with van der Waals surface area (Å²) < 4.78 is 0. The molecule has 1 aromatic heterocycles. The van der Waals surface area contributed by atoms with Gasteiger partial charge in [0.15, 0.2) is 0 Å². The number of aromatic amines is 1. The molecule has 2 amide bonds. The summed E-state index contributed by atoms with van der Waals surface area (Å²) >= 11 is 0. The topological polar surface area (TPSA) is 68.4 Å². The number of anilines is 1. The molecule has 0 saturated carbocycles. The number of carbonyl (C=O) groups is 2. The molecule has 1 fully saturated rings. The van der Waals surface area contributed by atoms with Crippen molar-refractivity contribution in [1.29, 1.82) is 0 Å². The highest BCUT2D eigenvalue weighted by atomic mass is 16.2. The summed E-state index contributed by atoms with van der Waals surface area (Å²) in [6.45, 7) is 1.81. The Morgan fingerprint density at radius 3 is 2.61 bits per heavy atom. The van der Waals surface area contributed by atoms with E-state index in [9.17, 15) is 9.59 Å². The maximum atomic E-state index is 13.2. The summed E-state index contributed by atoms with van der Waals surface area (Å²) in [5.74, 6) is 0.0674. The lowest BCUT2D eigenvalue weighted by atomic mass is 9.90. The van der Waals surface area contributed by atoms with Crippen LogP contribution in [0.15, 0.2) is 79.0 Å². The fourth-order valence-electron chi connectivity index (χ4n) is 4.99. The Bertz CT molecular complexity index is 1370. The summed E-state index contributed by atoms with van der Waals surface area (Å²) in [7, 11) is 4.06. The minimum Gasteiger partial charge on any atom is -0.378 e. The molecule has 0 spiro atoms. The molecular formula is C30H32N4O2. The summed E-state index contributed by atoms with van der Waals surface area (Å²) in [6.07, 6.45) is 3.57. The van der Waals surface area contributed by atoms with Gasteiger partial charge in [0.1, 0.15) is 0 Å². The predicted octanol–water partition coefficient (Wildman–Crippen LogP) is 4.92. The SMILES string of the molecule is CN(C)c1ccc([C@@H](CNC(=O)c2cccc(CN3CCCC3=O)c2)c2c[nH]c3ccccc23)cc1. The molecular weight excluding hydrogens is 448 g/mol. The average molecular weight is 481 g/mol. The van der Waals surface area contributed by atoms with E-state index in [1.807, 2.05) is 55.4 Å². The van der Waals surface area contributed by atoms with Gasteiger partial charge in [0.05, 0.1) is 0 Å². The normalized spacial score (nSPS) is 14.3. The van der Waals surface area contributed by atoms with Crippen molar-refractivity contribution < 1.29 is 9.59 Å². The quantitative estimate of drug-likeness (QED) is 0.376. The highest BCUT2D eigenvalue weighted by Crippen LogP contribution is 2.31. The summed E-state index contributed by atoms with van der Waals surface area (Å²) in [6, 6.07) is 24.4. The molecule has 3 aromatic carbocycles. The standard InChI is InChI=1S/C30H32N4O2/c1-33(2)24-14-12-22(13-15-24)26(27-19-31-28-10-4-3-9-25(27)28)18-32-30(36)23-8-5-7-21(17-23)20-34-16-6-11-29(34)35/h3-5,7-10,12-15,17,19,26,31H,6,11,16,18,20H2,1-2H3,(H,32,36)/t26-/m1/s1. The van der Waals surface area contributed by atoms with E-state index in [1.165, 1.54) is 0 Å². The monoisotopic (exact) mass is 480 g/mol. The molecule has 0 bridgehead atoms. The van der Waals surface area contributed by atoms with Gasteiger partial charge in [-0.25, -0.2) is 0 Å². The molecule has 0 aliphatic carbocycles. The average Bonchev–Trinajstić information content (AvgIpc) is 3.51. The maximum Gasteiger partial charge on any atom is 0.251 e. The molecule has 0 radical (unpaired) electrons. The number of benzene rings is 3. The Hall–Kier alpha value is -4.06. The molecule has 1 atom stereocenters. The van der Waals surface area contributed by atoms with Crippen molar-refractivity contribution in [3.05, 3.63) is 101 Å². The van der Waals surface area contributed by atoms with Crippen molar-refractivity contribution in [1.82, 2.24) is 15.2 Å². The Morgan fingerprint density at radius 2 is 1.86 bits per heavy atom. The zero-order chi connectivity index (χ0) is 25.1. The van der Waals surface area contributed by atoms with Crippen LogP contribution in [0.2, 0.25) is 0 Å². The van der Waals surface area contributed by atoms with Crippen LogP contribution in [-0.2, 0) is 11.3 Å². The lowest BCUT2D eigenvalue weighted by Crippen LogP contribution is -2.29. The number of carbonyl (C=O) groups excluding carboxylic acids is 2. The van der Waals surface area contributed by atoms with Crippen LogP contribution < -0.4 is 10.2 Å². The van der Waals surface area contributed by atoms with Gasteiger partial charge in [0.2, 0.25) is 5.91 Å². The third-order valence-corrected chi connectivity index (χ3v) is 7.01. The molecule has 0 unspecified atom stereocenters. The van der Waals surface area contributed by atoms with Crippen molar-refractivity contribution in [3.63, 3.8) is 0 Å². The van der Waals surface area contributed by atoms with E-state index in [0.717, 1.165) is 46.2 Å². The second-order valence-electron chi connectivity index (χ2n) is 9.66. The van der Waals surface area contributed by atoms with Crippen molar-refractivity contribution in [2.75, 3.05) is 32.1 Å². The number of likely N-dealkylation sites (tertiary alicyclic amines) is 1. The number of aromatic nitrogens is 1. The molecule has 5 rings (SSSR count). The van der Waals surface area contributed by atoms with E-state index in [1.54, 1.807) is 0 Å². The van der Waals surface area contributed by atoms with Crippen LogP contribution in [0.3, 0.4) is 0 Å². The molecule has 1 aliphatic rings. The number of nitrogens with zero attached hydrogens (tertiary/aromatic N) is 2. The van der Waals surface area contributed by atoms with Crippen molar-refractivity contribution in [2.24, 2.45) is 0 Å². The first-order chi connectivity index (χ1) is 17.5. The zero-order valence-electron chi connectivity index (χ0n) is 20.8. The van der Waals surface area contributed by atoms with Crippen LogP contribution in [-0.4, -0.2) is 48.9 Å². The number of H-pyrrole nitrogens is 1. The molecule has 2 N–H and O–H groups in total. The third kappa shape index (κ3) is 4.98. The van der Waals surface area contributed by atoms with Crippen molar-refractivity contribution in [2.45, 2.75) is 25.3 Å². The van der Waals surface area contributed by atoms with Crippen molar-refractivity contribution in [3.8, 4) is 0 Å². The second-order valence-corrected chi connectivity index (χ2v) is 9.66. The van der Waals surface area contributed by atoms with Crippen LogP contribution in [0.4, 0.5) is 5.69 Å². The van der Waals surface area contributed by atoms with Crippen LogP contribution in [0.25, 0.3) is 10.9 Å². The van der Waals surface area contributed by atoms with Crippen LogP contribution in [0, 0.1) is 0 Å². The van der Waals surface area contributed by atoms with E-state index in [0.29, 0.717) is 25.1 Å². The Balaban J connectivity index is 1.37. The first kappa shape index (κ1) is 23.7. The molecule has 184 valence electrons. The largest absolute Gasteiger partial charge is 0.378 e. The van der Waals surface area contributed by atoms with Gasteiger partial charge in [0.25, 0.3) is 5.91 Å². The van der Waals surface area contributed by atoms with E-state index >= 15 is 0 Å². The molecule has 6 heteroatoms. The molecule has 1 saturated heterocycles. The summed E-state index contributed by atoms with van der Waals surface area (Å²) in [5, 5.41) is 4.33. The highest BCUT2D eigenvalue weighted by molar-refractivity contribution is 5.94. The van der Waals surface area contributed by atoms with Gasteiger partial charge >= 0.3 is 0 Å². The number of fused-ring (bicyclic) bond motifs is 1. The number of amides is 2. The first-order valence-corrected chi connectivity index (χ1v) is 12.5. The lowest BCUT2D eigenvalue weighted by molar-refractivity contribution is -0.128. The second kappa shape index (κ2) is 10.3. The molecule has 36 heavy (non-hydrogen) atoms. The van der Waals surface area contributed by atoms with Gasteiger partial charge in [-0.15, -0.1) is 0 Å². The molecule has 2 heterocycles. The smallest absolute Gasteiger partial charge is 0.251 e. The van der Waals surface area contributed by atoms with Gasteiger partial charge in [-0.2, -0.15) is 0 Å². The minimum absolute atomic E-state index is 0.00767. The number of para-hydroxylation sites is 1. The minimum atomic E-state index is -0.112. The zero-order valence-corrected chi connectivity index (χ0v) is 20.8. The van der Waals surface area contributed by atoms with Gasteiger partial charge < -0.3 is 20.1 Å². The van der Waals surface area contributed by atoms with Crippen LogP contribution >= 0.6 is 0 Å². The van der Waals surface area contributed by atoms with Gasteiger partial charge in [0, 0.05) is 74.4 Å². The van der Waals surface area contributed by atoms with Crippen molar-refractivity contribution >= 4 is 28.4 Å². The summed E-state index contributed by atoms with van der Waals surface area (Å²) in [5.41, 5.74) is 6.11. The molecule has 1 aliphatic heterocycles. The number of hydrogen-bond donors (Lipinski definition) is 2. The lowest BCUT2D eigenvalue weighted by Gasteiger charge is -2.20. The fourth-order valence-corrected chi connectivity index (χ4v) is 4.99. The maximum absolute atomic E-state index is 13.2. The molecule has 6 nitrogen and oxygen atoms in total. The van der Waals surface area contributed by atoms with E-state index < -0.39 is 0 Å². The van der Waals surface area contributed by atoms with E-state index in [-0.39, 0.29) is 17.7 Å². The Labute approximate surface area is 211 Å². The highest BCUT2D eigenvalue weighted by Gasteiger charge is 2.22. The number of rotatable bonds is 8. The Morgan fingerprint density at radius 1 is 1.06 bits per heavy atom. The van der Waals surface area contributed by atoms with Crippen LogP contribution in [0.1, 0.15) is 45.8 Å². The fraction of sp³-hybridized carbons (Fsp3) is 0.267. The molecule has 4 aromatic rings. The Kier molecular flexibility index (Phi) is 6.76. The number of hydrogen-bond acceptors (Lipinski definition) is 3. The van der Waals surface area contributed by atoms with E-state index in [2.05, 4.69) is 57.8 Å². The third-order valence-electron chi connectivity index (χ3n) is 7.01. The van der Waals surface area contributed by atoms with Gasteiger partial charge in [-0.1, -0.05) is 42.5 Å². The van der Waals surface area contributed by atoms with E-state index in [4.69, 9.17) is 0 Å². The summed E-state index contributed by atoms with van der Waals surface area (Å²) in [4.78, 5) is 32.5. The predicted molar refractivity (Wildman–Crippen MR) is 144 cm³/mol.